The number of hydrogen-bond donors (Lipinski definition) is 1. The Kier molecular flexibility index (Phi) is 6.58. The van der Waals surface area contributed by atoms with Crippen LogP contribution in [0, 0.1) is 16.7 Å². The summed E-state index contributed by atoms with van der Waals surface area (Å²) in [6, 6.07) is 15.1. The second kappa shape index (κ2) is 9.44. The first kappa shape index (κ1) is 23.7. The highest BCUT2D eigenvalue weighted by Gasteiger charge is 2.43. The smallest absolute Gasteiger partial charge is 0.205 e. The first-order chi connectivity index (χ1) is 16.2. The molecule has 6 nitrogen and oxygen atoms in total. The minimum Gasteiger partial charge on any atom is -0.490 e. The lowest BCUT2D eigenvalue weighted by molar-refractivity contribution is -0.119. The second-order valence-corrected chi connectivity index (χ2v) is 9.63. The molecule has 0 saturated carbocycles. The van der Waals surface area contributed by atoms with Crippen LogP contribution in [0.5, 0.6) is 11.5 Å². The Balaban J connectivity index is 1.73. The number of ketones is 1. The molecule has 0 aromatic heterocycles. The van der Waals surface area contributed by atoms with Crippen LogP contribution in [-0.4, -0.2) is 12.4 Å². The maximum atomic E-state index is 13.2. The van der Waals surface area contributed by atoms with E-state index in [9.17, 15) is 10.1 Å². The van der Waals surface area contributed by atoms with Crippen molar-refractivity contribution in [2.24, 2.45) is 11.1 Å². The van der Waals surface area contributed by atoms with Gasteiger partial charge in [-0.3, -0.25) is 4.79 Å². The summed E-state index contributed by atoms with van der Waals surface area (Å²) in [6.45, 7) is 6.61. The van der Waals surface area contributed by atoms with E-state index in [2.05, 4.69) is 6.07 Å². The van der Waals surface area contributed by atoms with Gasteiger partial charge in [-0.2, -0.15) is 5.26 Å². The lowest BCUT2D eigenvalue weighted by Crippen LogP contribution is -2.33. The number of hydrogen-bond acceptors (Lipinski definition) is 6. The number of ether oxygens (including phenoxy) is 3. The SMILES string of the molecule is CCOc1cc([C@@H]2C(C#N)=C(N)OC3=C2C(=O)CC(C)(C)C3)ccc1OCc1ccccc1Cl. The zero-order valence-electron chi connectivity index (χ0n) is 19.5. The van der Waals surface area contributed by atoms with Gasteiger partial charge in [0.1, 0.15) is 24.0 Å². The number of carbonyl (C=O) groups excluding carboxylic acids is 1. The molecule has 1 aliphatic heterocycles. The van der Waals surface area contributed by atoms with Crippen molar-refractivity contribution in [3.63, 3.8) is 0 Å². The van der Waals surface area contributed by atoms with Crippen molar-refractivity contribution in [3.8, 4) is 17.6 Å². The van der Waals surface area contributed by atoms with Gasteiger partial charge < -0.3 is 19.9 Å². The minimum atomic E-state index is -0.617. The zero-order valence-corrected chi connectivity index (χ0v) is 20.2. The summed E-state index contributed by atoms with van der Waals surface area (Å²) < 4.78 is 17.6. The molecule has 0 bridgehead atoms. The van der Waals surface area contributed by atoms with Crippen LogP contribution in [0.4, 0.5) is 0 Å². The maximum absolute atomic E-state index is 13.2. The van der Waals surface area contributed by atoms with Crippen LogP contribution in [-0.2, 0) is 16.1 Å². The van der Waals surface area contributed by atoms with Crippen molar-refractivity contribution in [3.05, 3.63) is 81.4 Å². The molecule has 0 fully saturated rings. The zero-order chi connectivity index (χ0) is 24.5. The Morgan fingerprint density at radius 1 is 1.18 bits per heavy atom. The Hall–Kier alpha value is -3.43. The van der Waals surface area contributed by atoms with Crippen LogP contribution >= 0.6 is 11.6 Å². The van der Waals surface area contributed by atoms with Gasteiger partial charge in [0.2, 0.25) is 5.88 Å². The Morgan fingerprint density at radius 2 is 1.94 bits per heavy atom. The van der Waals surface area contributed by atoms with Gasteiger partial charge in [0.15, 0.2) is 17.3 Å². The van der Waals surface area contributed by atoms with Gasteiger partial charge in [0.05, 0.1) is 12.5 Å². The molecule has 1 atom stereocenters. The molecule has 34 heavy (non-hydrogen) atoms. The van der Waals surface area contributed by atoms with Crippen LogP contribution in [0.3, 0.4) is 0 Å². The molecule has 0 unspecified atom stereocenters. The summed E-state index contributed by atoms with van der Waals surface area (Å²) in [5.74, 6) is 0.981. The van der Waals surface area contributed by atoms with Gasteiger partial charge in [-0.15, -0.1) is 0 Å². The number of halogens is 1. The summed E-state index contributed by atoms with van der Waals surface area (Å²) in [5.41, 5.74) is 8.19. The molecule has 0 amide bonds. The van der Waals surface area contributed by atoms with Crippen LogP contribution in [0.2, 0.25) is 5.02 Å². The molecule has 0 saturated heterocycles. The Bertz CT molecular complexity index is 1240. The number of nitrogens with two attached hydrogens (primary N) is 1. The van der Waals surface area contributed by atoms with Crippen molar-refractivity contribution in [1.29, 1.82) is 5.26 Å². The molecule has 0 radical (unpaired) electrons. The molecule has 2 N–H and O–H groups in total. The van der Waals surface area contributed by atoms with E-state index >= 15 is 0 Å². The predicted octanol–water partition coefficient (Wildman–Crippen LogP) is 5.77. The standard InChI is InChI=1S/C27H27ClN2O4/c1-4-32-22-11-16(9-10-21(22)33-15-17-7-5-6-8-19(17)28)24-18(14-29)26(30)34-23-13-27(2,3)12-20(31)25(23)24/h5-11,24H,4,12-13,15,30H2,1-3H3/t24-/m1/s1. The summed E-state index contributed by atoms with van der Waals surface area (Å²) in [6.07, 6.45) is 0.947. The van der Waals surface area contributed by atoms with E-state index in [1.807, 2.05) is 57.2 Å². The van der Waals surface area contributed by atoms with Gasteiger partial charge >= 0.3 is 0 Å². The number of benzene rings is 2. The van der Waals surface area contributed by atoms with Crippen LogP contribution in [0.25, 0.3) is 0 Å². The molecular formula is C27H27ClN2O4. The van der Waals surface area contributed by atoms with E-state index in [1.54, 1.807) is 6.07 Å². The largest absolute Gasteiger partial charge is 0.490 e. The second-order valence-electron chi connectivity index (χ2n) is 9.22. The topological polar surface area (TPSA) is 94.6 Å². The van der Waals surface area contributed by atoms with Crippen LogP contribution < -0.4 is 15.2 Å². The minimum absolute atomic E-state index is 0.0338. The first-order valence-electron chi connectivity index (χ1n) is 11.2. The van der Waals surface area contributed by atoms with Gasteiger partial charge in [-0.25, -0.2) is 0 Å². The fraction of sp³-hybridized carbons (Fsp3) is 0.333. The van der Waals surface area contributed by atoms with Gasteiger partial charge in [-0.1, -0.05) is 49.7 Å². The monoisotopic (exact) mass is 478 g/mol. The van der Waals surface area contributed by atoms with Gasteiger partial charge in [0.25, 0.3) is 0 Å². The Morgan fingerprint density at radius 3 is 2.65 bits per heavy atom. The number of carbonyl (C=O) groups is 1. The van der Waals surface area contributed by atoms with E-state index in [0.717, 1.165) is 11.1 Å². The van der Waals surface area contributed by atoms with Crippen LogP contribution in [0.1, 0.15) is 50.7 Å². The lowest BCUT2D eigenvalue weighted by Gasteiger charge is -2.37. The third kappa shape index (κ3) is 4.62. The molecule has 7 heteroatoms. The Labute approximate surface area is 204 Å². The van der Waals surface area contributed by atoms with E-state index < -0.39 is 5.92 Å². The molecule has 0 spiro atoms. The maximum Gasteiger partial charge on any atom is 0.205 e. The van der Waals surface area contributed by atoms with Gasteiger partial charge in [0, 0.05) is 29.0 Å². The average molecular weight is 479 g/mol. The predicted molar refractivity (Wildman–Crippen MR) is 129 cm³/mol. The van der Waals surface area contributed by atoms with Crippen molar-refractivity contribution in [2.75, 3.05) is 6.61 Å². The average Bonchev–Trinajstić information content (AvgIpc) is 2.77. The first-order valence-corrected chi connectivity index (χ1v) is 11.6. The molecule has 1 heterocycles. The molecule has 2 aliphatic rings. The fourth-order valence-corrected chi connectivity index (χ4v) is 4.67. The highest BCUT2D eigenvalue weighted by Crippen LogP contribution is 2.48. The van der Waals surface area contributed by atoms with Crippen molar-refractivity contribution in [2.45, 2.75) is 46.1 Å². The highest BCUT2D eigenvalue weighted by molar-refractivity contribution is 6.31. The van der Waals surface area contributed by atoms with Crippen molar-refractivity contribution < 1.29 is 19.0 Å². The lowest BCUT2D eigenvalue weighted by atomic mass is 9.70. The van der Waals surface area contributed by atoms with Gasteiger partial charge in [-0.05, 0) is 36.1 Å². The van der Waals surface area contributed by atoms with E-state index in [-0.39, 0.29) is 29.3 Å². The van der Waals surface area contributed by atoms with E-state index in [0.29, 0.717) is 47.3 Å². The molecule has 176 valence electrons. The fourth-order valence-electron chi connectivity index (χ4n) is 4.48. The quantitative estimate of drug-likeness (QED) is 0.566. The van der Waals surface area contributed by atoms with Crippen LogP contribution in [0.15, 0.2) is 65.3 Å². The summed E-state index contributed by atoms with van der Waals surface area (Å²) in [5, 5.41) is 10.5. The number of rotatable bonds is 6. The number of nitrogens with zero attached hydrogens (tertiary/aromatic N) is 1. The third-order valence-electron chi connectivity index (χ3n) is 6.02. The summed E-state index contributed by atoms with van der Waals surface area (Å²) in [4.78, 5) is 13.2. The van der Waals surface area contributed by atoms with E-state index in [1.165, 1.54) is 0 Å². The van der Waals surface area contributed by atoms with Crippen molar-refractivity contribution >= 4 is 17.4 Å². The number of nitriles is 1. The third-order valence-corrected chi connectivity index (χ3v) is 6.39. The molecule has 2 aromatic carbocycles. The molecule has 2 aromatic rings. The van der Waals surface area contributed by atoms with Crippen molar-refractivity contribution in [1.82, 2.24) is 0 Å². The summed E-state index contributed by atoms with van der Waals surface area (Å²) in [7, 11) is 0. The molecular weight excluding hydrogens is 452 g/mol. The molecule has 4 rings (SSSR count). The molecule has 1 aliphatic carbocycles. The number of allylic oxidation sites excluding steroid dienone is 3. The van der Waals surface area contributed by atoms with E-state index in [4.69, 9.17) is 31.5 Å². The highest BCUT2D eigenvalue weighted by atomic mass is 35.5. The number of Topliss-reactive ketones (excluding diaryl/α,β-unsaturated/α-hetero) is 1. The normalized spacial score (nSPS) is 19.3. The summed E-state index contributed by atoms with van der Waals surface area (Å²) >= 11 is 6.25.